The Balaban J connectivity index is 2.43. The van der Waals surface area contributed by atoms with Gasteiger partial charge in [-0.25, -0.2) is 9.37 Å². The van der Waals surface area contributed by atoms with Crippen LogP contribution in [0.5, 0.6) is 11.6 Å². The smallest absolute Gasteiger partial charge is 0.314 e. The number of nitrogens with zero attached hydrogens (tertiary/aromatic N) is 3. The third kappa shape index (κ3) is 3.15. The summed E-state index contributed by atoms with van der Waals surface area (Å²) < 4.78 is 18.6. The van der Waals surface area contributed by atoms with Crippen molar-refractivity contribution in [2.45, 2.75) is 0 Å². The zero-order valence-corrected chi connectivity index (χ0v) is 11.4. The monoisotopic (exact) mass is 347 g/mol. The highest BCUT2D eigenvalue weighted by molar-refractivity contribution is 9.10. The SMILES string of the molecule is O=[N+]([O-])c1cc(F)ccc1Oc1nc(Cl)ncc1Br. The van der Waals surface area contributed by atoms with Gasteiger partial charge in [-0.05, 0) is 39.7 Å². The lowest BCUT2D eigenvalue weighted by molar-refractivity contribution is -0.385. The van der Waals surface area contributed by atoms with Gasteiger partial charge in [-0.1, -0.05) is 0 Å². The minimum atomic E-state index is -0.755. The van der Waals surface area contributed by atoms with Crippen LogP contribution in [0.1, 0.15) is 0 Å². The van der Waals surface area contributed by atoms with Crippen LogP contribution < -0.4 is 4.74 Å². The second kappa shape index (κ2) is 5.45. The summed E-state index contributed by atoms with van der Waals surface area (Å²) in [6.45, 7) is 0. The van der Waals surface area contributed by atoms with Gasteiger partial charge in [0.15, 0.2) is 0 Å². The molecule has 0 fully saturated rings. The van der Waals surface area contributed by atoms with Crippen molar-refractivity contribution >= 4 is 33.2 Å². The molecule has 0 spiro atoms. The maximum absolute atomic E-state index is 13.0. The fraction of sp³-hybridized carbons (Fsp3) is 0. The van der Waals surface area contributed by atoms with Gasteiger partial charge in [-0.2, -0.15) is 4.98 Å². The predicted molar refractivity (Wildman–Crippen MR) is 67.9 cm³/mol. The Morgan fingerprint density at radius 3 is 2.89 bits per heavy atom. The van der Waals surface area contributed by atoms with Gasteiger partial charge in [-0.15, -0.1) is 0 Å². The van der Waals surface area contributed by atoms with Crippen molar-refractivity contribution in [1.29, 1.82) is 0 Å². The van der Waals surface area contributed by atoms with Crippen molar-refractivity contribution in [3.8, 4) is 11.6 Å². The molecular formula is C10H4BrClFN3O3. The molecule has 0 saturated carbocycles. The van der Waals surface area contributed by atoms with E-state index in [4.69, 9.17) is 16.3 Å². The van der Waals surface area contributed by atoms with E-state index in [2.05, 4.69) is 25.9 Å². The Hall–Kier alpha value is -1.80. The maximum Gasteiger partial charge on any atom is 0.314 e. The van der Waals surface area contributed by atoms with E-state index in [9.17, 15) is 14.5 Å². The summed E-state index contributed by atoms with van der Waals surface area (Å²) in [6.07, 6.45) is 1.33. The molecule has 0 aliphatic carbocycles. The van der Waals surface area contributed by atoms with Crippen LogP contribution in [0, 0.1) is 15.9 Å². The highest BCUT2D eigenvalue weighted by atomic mass is 79.9. The third-order valence-electron chi connectivity index (χ3n) is 2.01. The second-order valence-electron chi connectivity index (χ2n) is 3.26. The number of rotatable bonds is 3. The molecule has 2 rings (SSSR count). The van der Waals surface area contributed by atoms with E-state index >= 15 is 0 Å². The number of hydrogen-bond donors (Lipinski definition) is 0. The number of benzene rings is 1. The van der Waals surface area contributed by atoms with E-state index < -0.39 is 16.4 Å². The van der Waals surface area contributed by atoms with E-state index in [0.717, 1.165) is 18.2 Å². The molecule has 0 amide bonds. The normalized spacial score (nSPS) is 10.3. The lowest BCUT2D eigenvalue weighted by Gasteiger charge is -2.06. The lowest BCUT2D eigenvalue weighted by Crippen LogP contribution is -1.97. The number of ether oxygens (including phenoxy) is 1. The Bertz CT molecular complexity index is 656. The average Bonchev–Trinajstić information content (AvgIpc) is 2.35. The fourth-order valence-corrected chi connectivity index (χ4v) is 1.62. The topological polar surface area (TPSA) is 78.2 Å². The number of aromatic nitrogens is 2. The zero-order chi connectivity index (χ0) is 14.0. The fourth-order valence-electron chi connectivity index (χ4n) is 1.23. The second-order valence-corrected chi connectivity index (χ2v) is 4.46. The average molecular weight is 349 g/mol. The number of halogens is 3. The van der Waals surface area contributed by atoms with Gasteiger partial charge in [-0.3, -0.25) is 10.1 Å². The van der Waals surface area contributed by atoms with Crippen LogP contribution in [0.4, 0.5) is 10.1 Å². The minimum Gasteiger partial charge on any atom is -0.430 e. The Morgan fingerprint density at radius 1 is 1.47 bits per heavy atom. The number of nitro groups is 1. The van der Waals surface area contributed by atoms with Gasteiger partial charge in [0.2, 0.25) is 16.9 Å². The van der Waals surface area contributed by atoms with E-state index in [1.165, 1.54) is 6.20 Å². The van der Waals surface area contributed by atoms with Gasteiger partial charge < -0.3 is 4.74 Å². The molecule has 98 valence electrons. The highest BCUT2D eigenvalue weighted by Gasteiger charge is 2.18. The molecule has 0 N–H and O–H groups in total. The molecule has 2 aromatic rings. The van der Waals surface area contributed by atoms with Crippen molar-refractivity contribution in [1.82, 2.24) is 9.97 Å². The molecule has 0 aliphatic heterocycles. The van der Waals surface area contributed by atoms with Crippen LogP contribution in [-0.2, 0) is 0 Å². The Kier molecular flexibility index (Phi) is 3.91. The molecule has 0 unspecified atom stereocenters. The van der Waals surface area contributed by atoms with Gasteiger partial charge in [0.1, 0.15) is 5.82 Å². The first-order valence-electron chi connectivity index (χ1n) is 4.77. The number of nitro benzene ring substituents is 1. The first-order chi connectivity index (χ1) is 8.97. The molecule has 1 aromatic heterocycles. The molecule has 9 heteroatoms. The van der Waals surface area contributed by atoms with Crippen LogP contribution >= 0.6 is 27.5 Å². The standard InChI is InChI=1S/C10H4BrClFN3O3/c11-6-4-14-10(12)15-9(6)19-8-2-1-5(13)3-7(8)16(17)18/h1-4H. The molecular weight excluding hydrogens is 344 g/mol. The van der Waals surface area contributed by atoms with E-state index in [1.807, 2.05) is 0 Å². The third-order valence-corrected chi connectivity index (χ3v) is 2.73. The van der Waals surface area contributed by atoms with Crippen LogP contribution in [0.3, 0.4) is 0 Å². The first-order valence-corrected chi connectivity index (χ1v) is 5.94. The van der Waals surface area contributed by atoms with Gasteiger partial charge in [0.25, 0.3) is 0 Å². The van der Waals surface area contributed by atoms with Crippen molar-refractivity contribution in [2.75, 3.05) is 0 Å². The molecule has 0 radical (unpaired) electrons. The molecule has 0 aliphatic rings. The Morgan fingerprint density at radius 2 is 2.21 bits per heavy atom. The quantitative estimate of drug-likeness (QED) is 0.480. The molecule has 1 aromatic carbocycles. The highest BCUT2D eigenvalue weighted by Crippen LogP contribution is 2.34. The van der Waals surface area contributed by atoms with Crippen molar-refractivity contribution in [2.24, 2.45) is 0 Å². The van der Waals surface area contributed by atoms with Gasteiger partial charge in [0, 0.05) is 6.20 Å². The van der Waals surface area contributed by atoms with Gasteiger partial charge >= 0.3 is 5.69 Å². The van der Waals surface area contributed by atoms with Crippen LogP contribution in [0.2, 0.25) is 5.28 Å². The molecule has 1 heterocycles. The first kappa shape index (κ1) is 13.6. The lowest BCUT2D eigenvalue weighted by atomic mass is 10.3. The molecule has 6 nitrogen and oxygen atoms in total. The summed E-state index contributed by atoms with van der Waals surface area (Å²) in [5.41, 5.74) is -0.512. The predicted octanol–water partition coefficient (Wildman–Crippen LogP) is 3.73. The molecule has 0 saturated heterocycles. The van der Waals surface area contributed by atoms with Crippen molar-refractivity contribution < 1.29 is 14.1 Å². The summed E-state index contributed by atoms with van der Waals surface area (Å²) in [5, 5.41) is 10.7. The van der Waals surface area contributed by atoms with E-state index in [1.54, 1.807) is 0 Å². The van der Waals surface area contributed by atoms with E-state index in [0.29, 0.717) is 4.47 Å². The van der Waals surface area contributed by atoms with Crippen LogP contribution in [0.15, 0.2) is 28.9 Å². The summed E-state index contributed by atoms with van der Waals surface area (Å²) in [6, 6.07) is 2.93. The van der Waals surface area contributed by atoms with Crippen molar-refractivity contribution in [3.63, 3.8) is 0 Å². The minimum absolute atomic E-state index is 0.00490. The van der Waals surface area contributed by atoms with Crippen molar-refractivity contribution in [3.05, 3.63) is 50.1 Å². The summed E-state index contributed by atoms with van der Waals surface area (Å²) in [5.74, 6) is -0.893. The number of hydrogen-bond acceptors (Lipinski definition) is 5. The molecule has 0 bridgehead atoms. The Labute approximate surface area is 119 Å². The molecule has 0 atom stereocenters. The van der Waals surface area contributed by atoms with Crippen LogP contribution in [-0.4, -0.2) is 14.9 Å². The summed E-state index contributed by atoms with van der Waals surface area (Å²) in [7, 11) is 0. The van der Waals surface area contributed by atoms with E-state index in [-0.39, 0.29) is 16.9 Å². The largest absolute Gasteiger partial charge is 0.430 e. The summed E-state index contributed by atoms with van der Waals surface area (Å²) in [4.78, 5) is 17.5. The van der Waals surface area contributed by atoms with Gasteiger partial charge in [0.05, 0.1) is 15.5 Å². The maximum atomic E-state index is 13.0. The zero-order valence-electron chi connectivity index (χ0n) is 9.01. The summed E-state index contributed by atoms with van der Waals surface area (Å²) >= 11 is 8.71. The molecule has 19 heavy (non-hydrogen) atoms. The van der Waals surface area contributed by atoms with Crippen LogP contribution in [0.25, 0.3) is 0 Å².